The summed E-state index contributed by atoms with van der Waals surface area (Å²) in [5.74, 6) is -0.949. The highest BCUT2D eigenvalue weighted by Gasteiger charge is 2.12. The molecule has 1 atom stereocenters. The molecule has 0 radical (unpaired) electrons. The van der Waals surface area contributed by atoms with Gasteiger partial charge in [0, 0.05) is 5.75 Å². The Hall–Kier alpha value is 0.390. The Balaban J connectivity index is 3.85. The van der Waals surface area contributed by atoms with Crippen molar-refractivity contribution >= 4 is 52.5 Å². The molecule has 12 heavy (non-hydrogen) atoms. The molecule has 0 aliphatic carbocycles. The number of hydrogen-bond donors (Lipinski definition) is 2. The number of halogens is 3. The topological polar surface area (TPSA) is 63.3 Å². The molecule has 7 heteroatoms. The van der Waals surface area contributed by atoms with Gasteiger partial charge in [-0.05, 0) is 0 Å². The zero-order valence-electron chi connectivity index (χ0n) is 5.76. The largest absolute Gasteiger partial charge is 0.480 e. The van der Waals surface area contributed by atoms with Crippen LogP contribution < -0.4 is 5.73 Å². The minimum absolute atomic E-state index is 0.0840. The van der Waals surface area contributed by atoms with Gasteiger partial charge in [-0.2, -0.15) is 0 Å². The molecule has 3 nitrogen and oxygen atoms in total. The lowest BCUT2D eigenvalue weighted by Crippen LogP contribution is -2.32. The predicted molar refractivity (Wildman–Crippen MR) is 52.7 cm³/mol. The van der Waals surface area contributed by atoms with E-state index in [1.165, 1.54) is 0 Å². The zero-order chi connectivity index (χ0) is 9.72. The van der Waals surface area contributed by atoms with Crippen LogP contribution >= 0.6 is 46.6 Å². The molecule has 0 aromatic carbocycles. The van der Waals surface area contributed by atoms with E-state index in [0.717, 1.165) is 11.8 Å². The first-order chi connectivity index (χ1) is 5.45. The van der Waals surface area contributed by atoms with Crippen molar-refractivity contribution in [2.24, 2.45) is 5.73 Å². The van der Waals surface area contributed by atoms with Crippen LogP contribution in [0.1, 0.15) is 0 Å². The maximum atomic E-state index is 10.2. The Morgan fingerprint density at radius 2 is 2.00 bits per heavy atom. The zero-order valence-corrected chi connectivity index (χ0v) is 8.84. The van der Waals surface area contributed by atoms with Gasteiger partial charge in [0.2, 0.25) is 0 Å². The van der Waals surface area contributed by atoms with Crippen LogP contribution in [0.2, 0.25) is 0 Å². The lowest BCUT2D eigenvalue weighted by Gasteiger charge is -2.04. The fourth-order valence-corrected chi connectivity index (χ4v) is 1.38. The predicted octanol–water partition coefficient (Wildman–Crippen LogP) is 1.97. The Labute approximate surface area is 88.8 Å². The molecule has 0 spiro atoms. The van der Waals surface area contributed by atoms with Crippen molar-refractivity contribution in [2.45, 2.75) is 6.04 Å². The molecule has 0 aromatic heterocycles. The maximum Gasteiger partial charge on any atom is 0.321 e. The van der Waals surface area contributed by atoms with E-state index >= 15 is 0 Å². The minimum Gasteiger partial charge on any atom is -0.480 e. The second kappa shape index (κ2) is 5.94. The van der Waals surface area contributed by atoms with Gasteiger partial charge in [-0.3, -0.25) is 4.79 Å². The molecule has 0 aliphatic heterocycles. The second-order valence-corrected chi connectivity index (χ2v) is 4.37. The van der Waals surface area contributed by atoms with E-state index in [2.05, 4.69) is 0 Å². The van der Waals surface area contributed by atoms with Crippen LogP contribution in [-0.2, 0) is 4.79 Å². The van der Waals surface area contributed by atoms with Crippen LogP contribution in [0.15, 0.2) is 8.86 Å². The van der Waals surface area contributed by atoms with Crippen molar-refractivity contribution in [1.82, 2.24) is 0 Å². The number of rotatable bonds is 4. The number of nitrogens with two attached hydrogens (primary N) is 1. The third-order valence-electron chi connectivity index (χ3n) is 0.855. The molecule has 0 aliphatic rings. The molecular weight excluding hydrogens is 244 g/mol. The van der Waals surface area contributed by atoms with Crippen LogP contribution in [0.3, 0.4) is 0 Å². The highest BCUT2D eigenvalue weighted by molar-refractivity contribution is 8.04. The summed E-state index contributed by atoms with van der Waals surface area (Å²) in [5.41, 5.74) is 5.18. The van der Waals surface area contributed by atoms with Gasteiger partial charge < -0.3 is 10.8 Å². The van der Waals surface area contributed by atoms with E-state index in [1.54, 1.807) is 0 Å². The average Bonchev–Trinajstić information content (AvgIpc) is 1.98. The van der Waals surface area contributed by atoms with Crippen molar-refractivity contribution < 1.29 is 9.90 Å². The number of hydrogen-bond acceptors (Lipinski definition) is 3. The molecule has 0 rings (SSSR count). The Bertz CT molecular complexity index is 205. The van der Waals surface area contributed by atoms with Crippen LogP contribution in [0, 0.1) is 0 Å². The normalized spacial score (nSPS) is 12.3. The van der Waals surface area contributed by atoms with Crippen LogP contribution in [0.25, 0.3) is 0 Å². The molecule has 0 aromatic rings. The smallest absolute Gasteiger partial charge is 0.321 e. The molecule has 1 unspecified atom stereocenters. The SMILES string of the molecule is NC(CSC(Cl)=C(Cl)Cl)C(=O)O. The standard InChI is InChI=1S/C5H6Cl3NO2S/c6-3(7)4(8)12-1-2(9)5(10)11/h2H,1,9H2,(H,10,11). The highest BCUT2D eigenvalue weighted by Crippen LogP contribution is 2.28. The molecule has 0 bridgehead atoms. The maximum absolute atomic E-state index is 10.2. The number of aliphatic carboxylic acids is 1. The van der Waals surface area contributed by atoms with Gasteiger partial charge in [0.1, 0.15) is 14.9 Å². The molecular formula is C5H6Cl3NO2S. The summed E-state index contributed by atoms with van der Waals surface area (Å²) in [5, 5.41) is 8.37. The molecule has 0 saturated carbocycles. The highest BCUT2D eigenvalue weighted by atomic mass is 35.5. The summed E-state index contributed by atoms with van der Waals surface area (Å²) in [4.78, 5) is 10.2. The van der Waals surface area contributed by atoms with E-state index in [4.69, 9.17) is 45.6 Å². The summed E-state index contributed by atoms with van der Waals surface area (Å²) in [6, 6.07) is -0.962. The van der Waals surface area contributed by atoms with Crippen LogP contribution in [0.4, 0.5) is 0 Å². The number of thioether (sulfide) groups is 1. The fraction of sp³-hybridized carbons (Fsp3) is 0.400. The lowest BCUT2D eigenvalue weighted by atomic mass is 10.4. The van der Waals surface area contributed by atoms with E-state index in [0.29, 0.717) is 0 Å². The molecule has 0 amide bonds. The fourth-order valence-electron chi connectivity index (χ4n) is 0.289. The Morgan fingerprint density at radius 3 is 2.33 bits per heavy atom. The first kappa shape index (κ1) is 12.4. The molecule has 0 saturated heterocycles. The van der Waals surface area contributed by atoms with Gasteiger partial charge in [-0.1, -0.05) is 34.8 Å². The van der Waals surface area contributed by atoms with Crippen molar-refractivity contribution in [1.29, 1.82) is 0 Å². The summed E-state index contributed by atoms with van der Waals surface area (Å²) in [6.07, 6.45) is 0. The van der Waals surface area contributed by atoms with E-state index < -0.39 is 12.0 Å². The molecule has 0 fully saturated rings. The minimum atomic E-state index is -1.09. The van der Waals surface area contributed by atoms with Crippen LogP contribution in [-0.4, -0.2) is 22.9 Å². The monoisotopic (exact) mass is 249 g/mol. The summed E-state index contributed by atoms with van der Waals surface area (Å²) >= 11 is 17.1. The van der Waals surface area contributed by atoms with Gasteiger partial charge in [0.25, 0.3) is 0 Å². The first-order valence-electron chi connectivity index (χ1n) is 2.77. The summed E-state index contributed by atoms with van der Waals surface area (Å²) < 4.78 is 0.0642. The number of carboxylic acid groups (broad SMARTS) is 1. The quantitative estimate of drug-likeness (QED) is 0.801. The van der Waals surface area contributed by atoms with Gasteiger partial charge in [-0.25, -0.2) is 0 Å². The first-order valence-corrected chi connectivity index (χ1v) is 4.89. The van der Waals surface area contributed by atoms with Gasteiger partial charge >= 0.3 is 5.97 Å². The van der Waals surface area contributed by atoms with Gasteiger partial charge in [-0.15, -0.1) is 11.8 Å². The van der Waals surface area contributed by atoms with Crippen molar-refractivity contribution in [3.63, 3.8) is 0 Å². The number of carboxylic acids is 1. The van der Waals surface area contributed by atoms with Crippen LogP contribution in [0.5, 0.6) is 0 Å². The van der Waals surface area contributed by atoms with E-state index in [1.807, 2.05) is 0 Å². The molecule has 3 N–H and O–H groups in total. The Kier molecular flexibility index (Phi) is 6.13. The van der Waals surface area contributed by atoms with Crippen molar-refractivity contribution in [3.8, 4) is 0 Å². The average molecular weight is 251 g/mol. The third kappa shape index (κ3) is 5.11. The van der Waals surface area contributed by atoms with E-state index in [-0.39, 0.29) is 14.6 Å². The van der Waals surface area contributed by atoms with Crippen molar-refractivity contribution in [3.05, 3.63) is 8.86 Å². The molecule has 70 valence electrons. The van der Waals surface area contributed by atoms with Crippen molar-refractivity contribution in [2.75, 3.05) is 5.75 Å². The summed E-state index contributed by atoms with van der Waals surface area (Å²) in [6.45, 7) is 0. The van der Waals surface area contributed by atoms with Gasteiger partial charge in [0.05, 0.1) is 0 Å². The Morgan fingerprint density at radius 1 is 1.50 bits per heavy atom. The van der Waals surface area contributed by atoms with E-state index in [9.17, 15) is 4.79 Å². The lowest BCUT2D eigenvalue weighted by molar-refractivity contribution is -0.137. The van der Waals surface area contributed by atoms with Gasteiger partial charge in [0.15, 0.2) is 0 Å². The molecule has 0 heterocycles. The second-order valence-electron chi connectivity index (χ2n) is 1.79. The summed E-state index contributed by atoms with van der Waals surface area (Å²) in [7, 11) is 0. The third-order valence-corrected chi connectivity index (χ3v) is 3.15. The number of carbonyl (C=O) groups is 1.